The first-order valence-electron chi connectivity index (χ1n) is 6.72. The van der Waals surface area contributed by atoms with E-state index in [1.807, 2.05) is 24.8 Å². The Morgan fingerprint density at radius 2 is 2.00 bits per heavy atom. The fourth-order valence-electron chi connectivity index (χ4n) is 2.14. The van der Waals surface area contributed by atoms with E-state index in [2.05, 4.69) is 14.9 Å². The number of carbonyl (C=O) groups excluding carboxylic acids is 1. The Morgan fingerprint density at radius 1 is 1.26 bits per heavy atom. The average molecular weight is 264 g/mol. The third-order valence-electron chi connectivity index (χ3n) is 3.18. The van der Waals surface area contributed by atoms with Crippen LogP contribution in [-0.4, -0.2) is 53.6 Å². The molecule has 0 radical (unpaired) electrons. The zero-order valence-corrected chi connectivity index (χ0v) is 11.5. The lowest BCUT2D eigenvalue weighted by Gasteiger charge is -2.35. The van der Waals surface area contributed by atoms with Gasteiger partial charge in [-0.2, -0.15) is 0 Å². The highest BCUT2D eigenvalue weighted by atomic mass is 16.5. The second kappa shape index (κ2) is 6.36. The van der Waals surface area contributed by atoms with Crippen LogP contribution < -0.4 is 9.64 Å². The van der Waals surface area contributed by atoms with Crippen molar-refractivity contribution in [2.45, 2.75) is 20.3 Å². The van der Waals surface area contributed by atoms with Crippen LogP contribution >= 0.6 is 0 Å². The van der Waals surface area contributed by atoms with Crippen molar-refractivity contribution in [1.29, 1.82) is 0 Å². The molecule has 1 aromatic heterocycles. The van der Waals surface area contributed by atoms with Crippen molar-refractivity contribution in [3.8, 4) is 5.88 Å². The van der Waals surface area contributed by atoms with Crippen molar-refractivity contribution in [2.75, 3.05) is 37.7 Å². The van der Waals surface area contributed by atoms with Gasteiger partial charge in [-0.05, 0) is 6.92 Å². The number of ether oxygens (including phenoxy) is 1. The van der Waals surface area contributed by atoms with Gasteiger partial charge < -0.3 is 14.5 Å². The van der Waals surface area contributed by atoms with Crippen molar-refractivity contribution in [1.82, 2.24) is 14.9 Å². The van der Waals surface area contributed by atoms with E-state index in [1.54, 1.807) is 0 Å². The van der Waals surface area contributed by atoms with Gasteiger partial charge in [0.2, 0.25) is 11.8 Å². The van der Waals surface area contributed by atoms with Gasteiger partial charge in [-0.3, -0.25) is 4.79 Å². The van der Waals surface area contributed by atoms with Gasteiger partial charge in [0, 0.05) is 38.7 Å². The second-order valence-corrected chi connectivity index (χ2v) is 4.37. The van der Waals surface area contributed by atoms with E-state index in [0.717, 1.165) is 32.0 Å². The fraction of sp³-hybridized carbons (Fsp3) is 0.615. The number of hydrogen-bond donors (Lipinski definition) is 0. The molecule has 1 aliphatic rings. The maximum atomic E-state index is 11.6. The molecule has 1 fully saturated rings. The molecule has 0 unspecified atom stereocenters. The molecule has 0 aromatic carbocycles. The zero-order valence-electron chi connectivity index (χ0n) is 11.5. The van der Waals surface area contributed by atoms with Gasteiger partial charge in [0.05, 0.1) is 6.61 Å². The number of rotatable bonds is 4. The topological polar surface area (TPSA) is 58.6 Å². The molecule has 1 amide bonds. The lowest BCUT2D eigenvalue weighted by atomic mass is 10.3. The molecule has 0 N–H and O–H groups in total. The monoisotopic (exact) mass is 264 g/mol. The molecule has 0 bridgehead atoms. The summed E-state index contributed by atoms with van der Waals surface area (Å²) in [5.74, 6) is 1.68. The van der Waals surface area contributed by atoms with Crippen molar-refractivity contribution >= 4 is 11.7 Å². The summed E-state index contributed by atoms with van der Waals surface area (Å²) in [6, 6.07) is 1.85. The largest absolute Gasteiger partial charge is 0.478 e. The molecule has 6 nitrogen and oxygen atoms in total. The Kier molecular flexibility index (Phi) is 4.54. The highest BCUT2D eigenvalue weighted by Gasteiger charge is 2.21. The number of amides is 1. The minimum atomic E-state index is 0.220. The molecule has 104 valence electrons. The van der Waals surface area contributed by atoms with Crippen LogP contribution in [0.25, 0.3) is 0 Å². The van der Waals surface area contributed by atoms with Crippen molar-refractivity contribution in [2.24, 2.45) is 0 Å². The van der Waals surface area contributed by atoms with E-state index >= 15 is 0 Å². The van der Waals surface area contributed by atoms with Gasteiger partial charge in [-0.15, -0.1) is 0 Å². The number of hydrogen-bond acceptors (Lipinski definition) is 5. The predicted octanol–water partition coefficient (Wildman–Crippen LogP) is 0.934. The molecule has 1 saturated heterocycles. The molecule has 0 saturated carbocycles. The van der Waals surface area contributed by atoms with Crippen LogP contribution in [0.5, 0.6) is 5.88 Å². The van der Waals surface area contributed by atoms with Gasteiger partial charge >= 0.3 is 0 Å². The van der Waals surface area contributed by atoms with E-state index in [4.69, 9.17) is 4.74 Å². The molecule has 0 aliphatic carbocycles. The number of anilines is 1. The Balaban J connectivity index is 1.97. The van der Waals surface area contributed by atoms with Gasteiger partial charge in [0.15, 0.2) is 0 Å². The minimum Gasteiger partial charge on any atom is -0.478 e. The summed E-state index contributed by atoms with van der Waals surface area (Å²) >= 11 is 0. The quantitative estimate of drug-likeness (QED) is 0.810. The first-order valence-corrected chi connectivity index (χ1v) is 6.72. The maximum absolute atomic E-state index is 11.6. The van der Waals surface area contributed by atoms with Gasteiger partial charge in [0.25, 0.3) is 0 Å². The summed E-state index contributed by atoms with van der Waals surface area (Å²) in [7, 11) is 0. The maximum Gasteiger partial charge on any atom is 0.222 e. The summed E-state index contributed by atoms with van der Waals surface area (Å²) in [5, 5.41) is 0. The van der Waals surface area contributed by atoms with Crippen LogP contribution in [0, 0.1) is 0 Å². The van der Waals surface area contributed by atoms with Crippen LogP contribution in [0.15, 0.2) is 12.4 Å². The third-order valence-corrected chi connectivity index (χ3v) is 3.18. The molecule has 1 aliphatic heterocycles. The Hall–Kier alpha value is -1.85. The van der Waals surface area contributed by atoms with Crippen LogP contribution in [0.2, 0.25) is 0 Å². The number of carbonyl (C=O) groups is 1. The third kappa shape index (κ3) is 3.33. The minimum absolute atomic E-state index is 0.220. The summed E-state index contributed by atoms with van der Waals surface area (Å²) in [6.07, 6.45) is 2.09. The highest BCUT2D eigenvalue weighted by molar-refractivity contribution is 5.76. The van der Waals surface area contributed by atoms with Crippen LogP contribution in [0.1, 0.15) is 20.3 Å². The first kappa shape index (κ1) is 13.6. The SMILES string of the molecule is CCOc1cc(N2CCN(C(=O)CC)CC2)ncn1. The average Bonchev–Trinajstić information content (AvgIpc) is 2.47. The molecule has 0 atom stereocenters. The summed E-state index contributed by atoms with van der Waals surface area (Å²) < 4.78 is 5.37. The molecular formula is C13H20N4O2. The van der Waals surface area contributed by atoms with Crippen LogP contribution in [0.3, 0.4) is 0 Å². The molecule has 19 heavy (non-hydrogen) atoms. The summed E-state index contributed by atoms with van der Waals surface area (Å²) in [5.41, 5.74) is 0. The zero-order chi connectivity index (χ0) is 13.7. The molecule has 2 rings (SSSR count). The first-order chi connectivity index (χ1) is 9.24. The molecular weight excluding hydrogens is 244 g/mol. The van der Waals surface area contributed by atoms with Crippen LogP contribution in [-0.2, 0) is 4.79 Å². The fourth-order valence-corrected chi connectivity index (χ4v) is 2.14. The van der Waals surface area contributed by atoms with Crippen molar-refractivity contribution in [3.05, 3.63) is 12.4 Å². The van der Waals surface area contributed by atoms with Crippen molar-refractivity contribution in [3.63, 3.8) is 0 Å². The number of aromatic nitrogens is 2. The lowest BCUT2D eigenvalue weighted by molar-refractivity contribution is -0.131. The molecule has 1 aromatic rings. The van der Waals surface area contributed by atoms with Crippen LogP contribution in [0.4, 0.5) is 5.82 Å². The Morgan fingerprint density at radius 3 is 2.63 bits per heavy atom. The van der Waals surface area contributed by atoms with Gasteiger partial charge in [-0.1, -0.05) is 6.92 Å². The van der Waals surface area contributed by atoms with Gasteiger partial charge in [-0.25, -0.2) is 9.97 Å². The standard InChI is InChI=1S/C13H20N4O2/c1-3-13(18)17-7-5-16(6-8-17)11-9-12(19-4-2)15-10-14-11/h9-10H,3-8H2,1-2H3. The second-order valence-electron chi connectivity index (χ2n) is 4.37. The van der Waals surface area contributed by atoms with Gasteiger partial charge in [0.1, 0.15) is 12.1 Å². The Bertz CT molecular complexity index is 430. The number of piperazine rings is 1. The molecule has 2 heterocycles. The summed E-state index contributed by atoms with van der Waals surface area (Å²) in [6.45, 7) is 7.52. The summed E-state index contributed by atoms with van der Waals surface area (Å²) in [4.78, 5) is 24.0. The van der Waals surface area contributed by atoms with E-state index in [9.17, 15) is 4.79 Å². The molecule has 6 heteroatoms. The molecule has 0 spiro atoms. The number of nitrogens with zero attached hydrogens (tertiary/aromatic N) is 4. The Labute approximate surface area is 113 Å². The smallest absolute Gasteiger partial charge is 0.222 e. The van der Waals surface area contributed by atoms with E-state index in [-0.39, 0.29) is 5.91 Å². The highest BCUT2D eigenvalue weighted by Crippen LogP contribution is 2.17. The predicted molar refractivity (Wildman–Crippen MR) is 72.3 cm³/mol. The van der Waals surface area contributed by atoms with E-state index in [1.165, 1.54) is 6.33 Å². The van der Waals surface area contributed by atoms with E-state index in [0.29, 0.717) is 18.9 Å². The lowest BCUT2D eigenvalue weighted by Crippen LogP contribution is -2.48. The normalized spacial score (nSPS) is 15.5. The van der Waals surface area contributed by atoms with E-state index < -0.39 is 0 Å². The van der Waals surface area contributed by atoms with Crippen molar-refractivity contribution < 1.29 is 9.53 Å².